The lowest BCUT2D eigenvalue weighted by atomic mass is 9.49. The van der Waals surface area contributed by atoms with Gasteiger partial charge in [-0.3, -0.25) is 0 Å². The zero-order chi connectivity index (χ0) is 17.6. The minimum atomic E-state index is -0.386. The van der Waals surface area contributed by atoms with Crippen molar-refractivity contribution in [3.8, 4) is 0 Å². The quantitative estimate of drug-likeness (QED) is 0.735. The van der Waals surface area contributed by atoms with Crippen LogP contribution in [0.25, 0.3) is 0 Å². The average Bonchev–Trinajstić information content (AvgIpc) is 2.77. The first-order chi connectivity index (χ1) is 12.0. The van der Waals surface area contributed by atoms with E-state index in [0.29, 0.717) is 0 Å². The van der Waals surface area contributed by atoms with Gasteiger partial charge in [0.2, 0.25) is 0 Å². The second-order valence-corrected chi connectivity index (χ2v) is 10.5. The summed E-state index contributed by atoms with van der Waals surface area (Å²) in [6.07, 6.45) is 13.4. The summed E-state index contributed by atoms with van der Waals surface area (Å²) < 4.78 is 5.65. The maximum absolute atomic E-state index is 10.6. The normalized spacial score (nSPS) is 53.3. The van der Waals surface area contributed by atoms with Gasteiger partial charge in [0.05, 0.1) is 5.60 Å². The van der Waals surface area contributed by atoms with E-state index >= 15 is 0 Å². The molecule has 4 rings (SSSR count). The van der Waals surface area contributed by atoms with Crippen molar-refractivity contribution in [2.24, 2.45) is 47.3 Å². The van der Waals surface area contributed by atoms with E-state index in [0.717, 1.165) is 66.8 Å². The van der Waals surface area contributed by atoms with E-state index in [1.165, 1.54) is 51.4 Å². The monoisotopic (exact) mass is 348 g/mol. The Kier molecular flexibility index (Phi) is 5.23. The van der Waals surface area contributed by atoms with Crippen LogP contribution in [0.4, 0.5) is 0 Å². The van der Waals surface area contributed by atoms with Gasteiger partial charge in [-0.25, -0.2) is 0 Å². The smallest absolute Gasteiger partial charge is 0.0622 e. The molecule has 4 saturated carbocycles. The molecule has 0 spiro atoms. The van der Waals surface area contributed by atoms with Gasteiger partial charge >= 0.3 is 0 Å². The molecule has 0 saturated heterocycles. The SMILES string of the molecule is COC[C@H]1CCCC[C@H]2[C@@H]3CC[C@@H]4C[C@](C)(O)CC[C@@H]4[C@H]3C[C@H](C)[C@H]12. The van der Waals surface area contributed by atoms with Gasteiger partial charge in [-0.2, -0.15) is 0 Å². The van der Waals surface area contributed by atoms with Gasteiger partial charge in [-0.15, -0.1) is 0 Å². The number of hydrogen-bond donors (Lipinski definition) is 1. The van der Waals surface area contributed by atoms with Crippen molar-refractivity contribution < 1.29 is 9.84 Å². The van der Waals surface area contributed by atoms with Crippen molar-refractivity contribution in [1.29, 1.82) is 0 Å². The summed E-state index contributed by atoms with van der Waals surface area (Å²) in [6.45, 7) is 5.62. The summed E-state index contributed by atoms with van der Waals surface area (Å²) >= 11 is 0. The molecular formula is C23H40O2. The van der Waals surface area contributed by atoms with Crippen LogP contribution in [0.5, 0.6) is 0 Å². The topological polar surface area (TPSA) is 29.5 Å². The summed E-state index contributed by atoms with van der Waals surface area (Å²) in [7, 11) is 1.90. The Balaban J connectivity index is 1.55. The highest BCUT2D eigenvalue weighted by atomic mass is 16.5. The molecule has 0 bridgehead atoms. The second kappa shape index (κ2) is 7.15. The van der Waals surface area contributed by atoms with Crippen molar-refractivity contribution in [3.05, 3.63) is 0 Å². The van der Waals surface area contributed by atoms with E-state index in [4.69, 9.17) is 4.74 Å². The van der Waals surface area contributed by atoms with Crippen LogP contribution in [0.15, 0.2) is 0 Å². The van der Waals surface area contributed by atoms with Crippen molar-refractivity contribution in [2.75, 3.05) is 13.7 Å². The van der Waals surface area contributed by atoms with Gasteiger partial charge in [0, 0.05) is 13.7 Å². The lowest BCUT2D eigenvalue weighted by Gasteiger charge is -2.57. The summed E-state index contributed by atoms with van der Waals surface area (Å²) in [6, 6.07) is 0. The van der Waals surface area contributed by atoms with Gasteiger partial charge in [-0.1, -0.05) is 19.8 Å². The molecule has 144 valence electrons. The van der Waals surface area contributed by atoms with Crippen LogP contribution in [0, 0.1) is 47.3 Å². The van der Waals surface area contributed by atoms with Gasteiger partial charge in [0.15, 0.2) is 0 Å². The maximum Gasteiger partial charge on any atom is 0.0622 e. The number of rotatable bonds is 2. The highest BCUT2D eigenvalue weighted by Crippen LogP contribution is 2.59. The Morgan fingerprint density at radius 1 is 0.960 bits per heavy atom. The molecule has 9 atom stereocenters. The van der Waals surface area contributed by atoms with Crippen molar-refractivity contribution in [3.63, 3.8) is 0 Å². The van der Waals surface area contributed by atoms with Crippen LogP contribution in [0.3, 0.4) is 0 Å². The van der Waals surface area contributed by atoms with E-state index < -0.39 is 0 Å². The van der Waals surface area contributed by atoms with Crippen LogP contribution in [0.2, 0.25) is 0 Å². The largest absolute Gasteiger partial charge is 0.390 e. The molecular weight excluding hydrogens is 308 g/mol. The van der Waals surface area contributed by atoms with Crippen molar-refractivity contribution >= 4 is 0 Å². The molecule has 0 radical (unpaired) electrons. The summed E-state index contributed by atoms with van der Waals surface area (Å²) in [5.74, 6) is 7.17. The number of aliphatic hydroxyl groups is 1. The van der Waals surface area contributed by atoms with E-state index in [-0.39, 0.29) is 5.60 Å². The number of fused-ring (bicyclic) bond motifs is 5. The molecule has 4 fully saturated rings. The highest BCUT2D eigenvalue weighted by molar-refractivity contribution is 5.02. The van der Waals surface area contributed by atoms with Gasteiger partial charge in [0.1, 0.15) is 0 Å². The zero-order valence-electron chi connectivity index (χ0n) is 16.8. The Hall–Kier alpha value is -0.0800. The van der Waals surface area contributed by atoms with Gasteiger partial charge in [-0.05, 0) is 106 Å². The minimum Gasteiger partial charge on any atom is -0.390 e. The summed E-state index contributed by atoms with van der Waals surface area (Å²) in [5.41, 5.74) is -0.386. The first-order valence-electron chi connectivity index (χ1n) is 11.2. The summed E-state index contributed by atoms with van der Waals surface area (Å²) in [4.78, 5) is 0. The Bertz CT molecular complexity index is 459. The van der Waals surface area contributed by atoms with Crippen LogP contribution < -0.4 is 0 Å². The van der Waals surface area contributed by atoms with E-state index in [2.05, 4.69) is 13.8 Å². The number of methoxy groups -OCH3 is 1. The molecule has 0 heterocycles. The molecule has 25 heavy (non-hydrogen) atoms. The minimum absolute atomic E-state index is 0.386. The lowest BCUT2D eigenvalue weighted by Crippen LogP contribution is -2.51. The molecule has 0 amide bonds. The fourth-order valence-corrected chi connectivity index (χ4v) is 8.13. The van der Waals surface area contributed by atoms with Crippen LogP contribution in [-0.4, -0.2) is 24.4 Å². The van der Waals surface area contributed by atoms with Gasteiger partial charge < -0.3 is 9.84 Å². The van der Waals surface area contributed by atoms with E-state index in [1.54, 1.807) is 0 Å². The standard InChI is InChI=1S/C23H40O2/c1-15-12-21-18-10-11-23(2,24)13-16(18)8-9-19(21)20-7-5-4-6-17(14-25-3)22(15)20/h15-22,24H,4-14H2,1-3H3/t15-,16+,17+,18-,19-,20-,21+,22+,23+/m0/s1. The summed E-state index contributed by atoms with van der Waals surface area (Å²) in [5, 5.41) is 10.6. The highest BCUT2D eigenvalue weighted by Gasteiger charge is 2.53. The van der Waals surface area contributed by atoms with Crippen LogP contribution >= 0.6 is 0 Å². The molecule has 1 N–H and O–H groups in total. The molecule has 2 heteroatoms. The van der Waals surface area contributed by atoms with Crippen LogP contribution in [-0.2, 0) is 4.74 Å². The second-order valence-electron chi connectivity index (χ2n) is 10.5. The predicted molar refractivity (Wildman–Crippen MR) is 102 cm³/mol. The first-order valence-corrected chi connectivity index (χ1v) is 11.2. The Morgan fingerprint density at radius 2 is 1.76 bits per heavy atom. The fourth-order valence-electron chi connectivity index (χ4n) is 8.13. The molecule has 0 aliphatic heterocycles. The number of hydrogen-bond acceptors (Lipinski definition) is 2. The zero-order valence-corrected chi connectivity index (χ0v) is 16.8. The van der Waals surface area contributed by atoms with Crippen molar-refractivity contribution in [2.45, 2.75) is 83.7 Å². The fraction of sp³-hybridized carbons (Fsp3) is 1.00. The lowest BCUT2D eigenvalue weighted by molar-refractivity contribution is -0.106. The third kappa shape index (κ3) is 3.43. The molecule has 2 nitrogen and oxygen atoms in total. The molecule has 0 aromatic rings. The third-order valence-corrected chi connectivity index (χ3v) is 8.93. The molecule has 0 unspecified atom stereocenters. The van der Waals surface area contributed by atoms with E-state index in [9.17, 15) is 5.11 Å². The van der Waals surface area contributed by atoms with Gasteiger partial charge in [0.25, 0.3) is 0 Å². The Morgan fingerprint density at radius 3 is 2.56 bits per heavy atom. The van der Waals surface area contributed by atoms with Crippen LogP contribution in [0.1, 0.15) is 78.1 Å². The Labute approximate surface area is 155 Å². The van der Waals surface area contributed by atoms with E-state index in [1.807, 2.05) is 7.11 Å². The molecule has 0 aromatic heterocycles. The molecule has 0 aromatic carbocycles. The molecule has 4 aliphatic carbocycles. The average molecular weight is 349 g/mol. The molecule has 4 aliphatic rings. The predicted octanol–water partition coefficient (Wildman–Crippen LogP) is 5.29. The third-order valence-electron chi connectivity index (χ3n) is 8.93. The maximum atomic E-state index is 10.6. The number of ether oxygens (including phenoxy) is 1. The first kappa shape index (κ1) is 18.3. The van der Waals surface area contributed by atoms with Crippen molar-refractivity contribution in [1.82, 2.24) is 0 Å².